The molecule has 22 heavy (non-hydrogen) atoms. The van der Waals surface area contributed by atoms with Crippen molar-refractivity contribution in [2.45, 2.75) is 0 Å². The Morgan fingerprint density at radius 3 is 2.68 bits per heavy atom. The van der Waals surface area contributed by atoms with Crippen molar-refractivity contribution >= 4 is 35.6 Å². The molecular formula is C13H18Cl2N4O3. The lowest BCUT2D eigenvalue weighted by molar-refractivity contribution is -0.384. The van der Waals surface area contributed by atoms with E-state index in [1.54, 1.807) is 0 Å². The Bertz CT molecular complexity index is 536. The van der Waals surface area contributed by atoms with E-state index in [2.05, 4.69) is 15.5 Å². The van der Waals surface area contributed by atoms with E-state index in [0.29, 0.717) is 6.54 Å². The van der Waals surface area contributed by atoms with Crippen molar-refractivity contribution in [1.29, 1.82) is 0 Å². The maximum Gasteiger partial charge on any atom is 0.270 e. The molecule has 2 rings (SSSR count). The molecular weight excluding hydrogens is 331 g/mol. The predicted octanol–water partition coefficient (Wildman–Crippen LogP) is 1.30. The van der Waals surface area contributed by atoms with E-state index >= 15 is 0 Å². The first kappa shape index (κ1) is 18.6. The van der Waals surface area contributed by atoms with E-state index < -0.39 is 4.92 Å². The van der Waals surface area contributed by atoms with Crippen LogP contribution in [0.2, 0.25) is 5.02 Å². The number of hydrogen-bond acceptors (Lipinski definition) is 5. The second-order valence-electron chi connectivity index (χ2n) is 4.77. The van der Waals surface area contributed by atoms with E-state index in [1.807, 2.05) is 0 Å². The van der Waals surface area contributed by atoms with E-state index in [9.17, 15) is 14.9 Å². The summed E-state index contributed by atoms with van der Waals surface area (Å²) in [4.78, 5) is 24.3. The van der Waals surface area contributed by atoms with Gasteiger partial charge in [-0.25, -0.2) is 0 Å². The molecule has 1 amide bonds. The molecule has 0 atom stereocenters. The van der Waals surface area contributed by atoms with E-state index in [0.717, 1.165) is 32.7 Å². The van der Waals surface area contributed by atoms with Crippen LogP contribution in [0.25, 0.3) is 0 Å². The number of hydrogen-bond donors (Lipinski definition) is 2. The summed E-state index contributed by atoms with van der Waals surface area (Å²) in [5.41, 5.74) is 0.125. The molecule has 1 fully saturated rings. The van der Waals surface area contributed by atoms with Gasteiger partial charge in [0, 0.05) is 51.4 Å². The fourth-order valence-corrected chi connectivity index (χ4v) is 2.42. The average Bonchev–Trinajstić information content (AvgIpc) is 2.48. The van der Waals surface area contributed by atoms with Crippen LogP contribution in [-0.4, -0.2) is 55.0 Å². The smallest absolute Gasteiger partial charge is 0.270 e. The highest BCUT2D eigenvalue weighted by Crippen LogP contribution is 2.22. The standard InChI is InChI=1S/C13H17ClN4O3.ClH/c14-12-9-10(18(20)21)1-2-11(12)13(19)16-5-8-17-6-3-15-4-7-17;/h1-2,9,15H,3-8H2,(H,16,19);1H. The minimum Gasteiger partial charge on any atom is -0.351 e. The fraction of sp³-hybridized carbons (Fsp3) is 0.462. The molecule has 1 aliphatic rings. The van der Waals surface area contributed by atoms with Gasteiger partial charge in [-0.05, 0) is 6.07 Å². The fourth-order valence-electron chi connectivity index (χ4n) is 2.16. The number of amides is 1. The van der Waals surface area contributed by atoms with Crippen molar-refractivity contribution in [1.82, 2.24) is 15.5 Å². The second-order valence-corrected chi connectivity index (χ2v) is 5.18. The molecule has 1 aromatic carbocycles. The Kier molecular flexibility index (Phi) is 7.53. The Balaban J connectivity index is 0.00000242. The van der Waals surface area contributed by atoms with Crippen molar-refractivity contribution in [3.8, 4) is 0 Å². The van der Waals surface area contributed by atoms with Gasteiger partial charge in [-0.15, -0.1) is 12.4 Å². The zero-order valence-electron chi connectivity index (χ0n) is 11.9. The largest absolute Gasteiger partial charge is 0.351 e. The summed E-state index contributed by atoms with van der Waals surface area (Å²) in [7, 11) is 0. The number of nitrogens with one attached hydrogen (secondary N) is 2. The van der Waals surface area contributed by atoms with E-state index in [1.165, 1.54) is 18.2 Å². The summed E-state index contributed by atoms with van der Waals surface area (Å²) in [5.74, 6) is -0.315. The van der Waals surface area contributed by atoms with Crippen LogP contribution in [0.5, 0.6) is 0 Å². The second kappa shape index (κ2) is 8.89. The number of rotatable bonds is 5. The van der Waals surface area contributed by atoms with Crippen molar-refractivity contribution in [2.24, 2.45) is 0 Å². The molecule has 1 aromatic rings. The molecule has 0 spiro atoms. The minimum atomic E-state index is -0.544. The summed E-state index contributed by atoms with van der Waals surface area (Å²) >= 11 is 5.91. The molecule has 1 aliphatic heterocycles. The SMILES string of the molecule is Cl.O=C(NCCN1CCNCC1)c1ccc([N+](=O)[O-])cc1Cl. The highest BCUT2D eigenvalue weighted by Gasteiger charge is 2.15. The van der Waals surface area contributed by atoms with Gasteiger partial charge in [-0.3, -0.25) is 19.8 Å². The Morgan fingerprint density at radius 1 is 1.41 bits per heavy atom. The predicted molar refractivity (Wildman–Crippen MR) is 87.0 cm³/mol. The molecule has 2 N–H and O–H groups in total. The van der Waals surface area contributed by atoms with Gasteiger partial charge in [0.05, 0.1) is 15.5 Å². The molecule has 0 aliphatic carbocycles. The normalized spacial score (nSPS) is 15.0. The number of nitro groups is 1. The Labute approximate surface area is 139 Å². The monoisotopic (exact) mass is 348 g/mol. The maximum absolute atomic E-state index is 12.0. The number of carbonyl (C=O) groups excluding carboxylic acids is 1. The lowest BCUT2D eigenvalue weighted by atomic mass is 10.2. The molecule has 0 bridgehead atoms. The van der Waals surface area contributed by atoms with Gasteiger partial charge < -0.3 is 10.6 Å². The average molecular weight is 349 g/mol. The molecule has 0 aromatic heterocycles. The van der Waals surface area contributed by atoms with E-state index in [-0.39, 0.29) is 34.6 Å². The van der Waals surface area contributed by atoms with Crippen LogP contribution in [-0.2, 0) is 0 Å². The van der Waals surface area contributed by atoms with Gasteiger partial charge in [0.2, 0.25) is 0 Å². The van der Waals surface area contributed by atoms with Gasteiger partial charge in [0.1, 0.15) is 0 Å². The van der Waals surface area contributed by atoms with Gasteiger partial charge in [0.25, 0.3) is 11.6 Å². The van der Waals surface area contributed by atoms with Crippen molar-refractivity contribution < 1.29 is 9.72 Å². The van der Waals surface area contributed by atoms with Gasteiger partial charge in [-0.1, -0.05) is 11.6 Å². The highest BCUT2D eigenvalue weighted by molar-refractivity contribution is 6.34. The van der Waals surface area contributed by atoms with Crippen LogP contribution < -0.4 is 10.6 Å². The Hall–Kier alpha value is -1.41. The van der Waals surface area contributed by atoms with Crippen LogP contribution in [0, 0.1) is 10.1 Å². The maximum atomic E-state index is 12.0. The highest BCUT2D eigenvalue weighted by atomic mass is 35.5. The van der Waals surface area contributed by atoms with E-state index in [4.69, 9.17) is 11.6 Å². The number of halogens is 2. The molecule has 0 radical (unpaired) electrons. The number of nitrogens with zero attached hydrogens (tertiary/aromatic N) is 2. The number of non-ortho nitro benzene ring substituents is 1. The van der Waals surface area contributed by atoms with Crippen LogP contribution >= 0.6 is 24.0 Å². The third-order valence-electron chi connectivity index (χ3n) is 3.33. The van der Waals surface area contributed by atoms with Crippen LogP contribution in [0.3, 0.4) is 0 Å². The number of piperazine rings is 1. The summed E-state index contributed by atoms with van der Waals surface area (Å²) in [6.07, 6.45) is 0. The Morgan fingerprint density at radius 2 is 2.09 bits per heavy atom. The van der Waals surface area contributed by atoms with Gasteiger partial charge in [-0.2, -0.15) is 0 Å². The number of carbonyl (C=O) groups is 1. The summed E-state index contributed by atoms with van der Waals surface area (Å²) in [5, 5.41) is 16.7. The topological polar surface area (TPSA) is 87.5 Å². The lowest BCUT2D eigenvalue weighted by Gasteiger charge is -2.27. The molecule has 122 valence electrons. The summed E-state index contributed by atoms with van der Waals surface area (Å²) in [6.45, 7) is 5.15. The van der Waals surface area contributed by atoms with Crippen LogP contribution in [0.1, 0.15) is 10.4 Å². The first-order valence-corrected chi connectivity index (χ1v) is 7.11. The number of nitro benzene ring substituents is 1. The van der Waals surface area contributed by atoms with Crippen LogP contribution in [0.4, 0.5) is 5.69 Å². The lowest BCUT2D eigenvalue weighted by Crippen LogP contribution is -2.46. The molecule has 1 saturated heterocycles. The molecule has 9 heteroatoms. The quantitative estimate of drug-likeness (QED) is 0.618. The van der Waals surface area contributed by atoms with Crippen molar-refractivity contribution in [3.05, 3.63) is 38.9 Å². The third kappa shape index (κ3) is 5.10. The van der Waals surface area contributed by atoms with Crippen molar-refractivity contribution in [3.63, 3.8) is 0 Å². The first-order valence-electron chi connectivity index (χ1n) is 6.73. The summed E-state index contributed by atoms with van der Waals surface area (Å²) in [6, 6.07) is 3.84. The summed E-state index contributed by atoms with van der Waals surface area (Å²) < 4.78 is 0. The zero-order valence-corrected chi connectivity index (χ0v) is 13.5. The zero-order chi connectivity index (χ0) is 15.2. The van der Waals surface area contributed by atoms with Gasteiger partial charge in [0.15, 0.2) is 0 Å². The number of benzene rings is 1. The third-order valence-corrected chi connectivity index (χ3v) is 3.64. The molecule has 7 nitrogen and oxygen atoms in total. The van der Waals surface area contributed by atoms with Crippen LogP contribution in [0.15, 0.2) is 18.2 Å². The van der Waals surface area contributed by atoms with Crippen molar-refractivity contribution in [2.75, 3.05) is 39.3 Å². The first-order chi connectivity index (χ1) is 10.1. The minimum absolute atomic E-state index is 0. The molecule has 0 unspecified atom stereocenters. The molecule has 0 saturated carbocycles. The van der Waals surface area contributed by atoms with Gasteiger partial charge >= 0.3 is 0 Å². The molecule has 1 heterocycles.